The highest BCUT2D eigenvalue weighted by Crippen LogP contribution is 2.25. The Balaban J connectivity index is 2.13. The van der Waals surface area contributed by atoms with Gasteiger partial charge >= 0.3 is 5.97 Å². The predicted octanol–water partition coefficient (Wildman–Crippen LogP) is 1.83. The van der Waals surface area contributed by atoms with Crippen molar-refractivity contribution in [2.24, 2.45) is 0 Å². The molecule has 2 rings (SSSR count). The van der Waals surface area contributed by atoms with E-state index in [2.05, 4.69) is 15.9 Å². The van der Waals surface area contributed by atoms with Crippen molar-refractivity contribution in [1.82, 2.24) is 4.90 Å². The fraction of sp³-hybridized carbons (Fsp3) is 0.455. The van der Waals surface area contributed by atoms with Crippen LogP contribution in [0.2, 0.25) is 0 Å². The third-order valence-electron chi connectivity index (χ3n) is 2.68. The van der Waals surface area contributed by atoms with Crippen LogP contribution in [0.25, 0.3) is 0 Å². The van der Waals surface area contributed by atoms with E-state index in [9.17, 15) is 9.59 Å². The number of hydrogen-bond donors (Lipinski definition) is 1. The van der Waals surface area contributed by atoms with Gasteiger partial charge in [-0.2, -0.15) is 0 Å². The molecule has 1 amide bonds. The van der Waals surface area contributed by atoms with Gasteiger partial charge < -0.3 is 14.7 Å². The minimum Gasteiger partial charge on any atom is -0.481 e. The molecule has 0 spiro atoms. The molecule has 1 aliphatic heterocycles. The van der Waals surface area contributed by atoms with E-state index < -0.39 is 5.97 Å². The Kier molecular flexibility index (Phi) is 4.36. The van der Waals surface area contributed by atoms with Crippen LogP contribution in [0.3, 0.4) is 0 Å². The fourth-order valence-electron chi connectivity index (χ4n) is 1.86. The van der Waals surface area contributed by atoms with Crippen molar-refractivity contribution in [1.29, 1.82) is 0 Å². The second-order valence-corrected chi connectivity index (χ2v) is 6.39. The number of ether oxygens (including phenoxy) is 1. The summed E-state index contributed by atoms with van der Waals surface area (Å²) < 4.78 is 6.12. The molecule has 0 saturated carbocycles. The van der Waals surface area contributed by atoms with Crippen LogP contribution in [0.4, 0.5) is 0 Å². The number of aliphatic carboxylic acids is 1. The lowest BCUT2D eigenvalue weighted by atomic mass is 10.1. The SMILES string of the molecule is O=C(O)CC1COCCN1C(=O)c1ccc(Br)s1. The topological polar surface area (TPSA) is 66.8 Å². The molecule has 2 heterocycles. The number of rotatable bonds is 3. The normalized spacial score (nSPS) is 19.8. The molecule has 1 aromatic rings. The molecule has 0 radical (unpaired) electrons. The second-order valence-electron chi connectivity index (χ2n) is 3.93. The molecule has 7 heteroatoms. The molecule has 1 fully saturated rings. The highest BCUT2D eigenvalue weighted by atomic mass is 79.9. The van der Waals surface area contributed by atoms with Gasteiger partial charge in [-0.15, -0.1) is 11.3 Å². The summed E-state index contributed by atoms with van der Waals surface area (Å²) in [5, 5.41) is 8.84. The van der Waals surface area contributed by atoms with Gasteiger partial charge in [0.05, 0.1) is 34.3 Å². The van der Waals surface area contributed by atoms with Gasteiger partial charge in [-0.1, -0.05) is 0 Å². The fourth-order valence-corrected chi connectivity index (χ4v) is 3.21. The number of carboxylic acids is 1. The average Bonchev–Trinajstić information content (AvgIpc) is 2.75. The molecule has 1 saturated heterocycles. The number of morpholine rings is 1. The van der Waals surface area contributed by atoms with Crippen LogP contribution >= 0.6 is 27.3 Å². The van der Waals surface area contributed by atoms with Gasteiger partial charge in [0.25, 0.3) is 5.91 Å². The molecule has 98 valence electrons. The zero-order valence-electron chi connectivity index (χ0n) is 9.47. The van der Waals surface area contributed by atoms with E-state index in [1.165, 1.54) is 11.3 Å². The van der Waals surface area contributed by atoms with E-state index in [0.717, 1.165) is 3.79 Å². The molecule has 18 heavy (non-hydrogen) atoms. The Morgan fingerprint density at radius 2 is 2.33 bits per heavy atom. The maximum Gasteiger partial charge on any atom is 0.305 e. The van der Waals surface area contributed by atoms with Gasteiger partial charge in [0, 0.05) is 6.54 Å². The van der Waals surface area contributed by atoms with Crippen molar-refractivity contribution in [2.45, 2.75) is 12.5 Å². The smallest absolute Gasteiger partial charge is 0.305 e. The number of nitrogens with zero attached hydrogens (tertiary/aromatic N) is 1. The Labute approximate surface area is 116 Å². The zero-order chi connectivity index (χ0) is 13.1. The summed E-state index contributed by atoms with van der Waals surface area (Å²) in [6, 6.07) is 3.17. The lowest BCUT2D eigenvalue weighted by molar-refractivity contribution is -0.139. The third-order valence-corrected chi connectivity index (χ3v) is 4.29. The molecule has 1 atom stereocenters. The third kappa shape index (κ3) is 3.09. The van der Waals surface area contributed by atoms with Gasteiger partial charge in [-0.25, -0.2) is 0 Å². The van der Waals surface area contributed by atoms with Crippen molar-refractivity contribution in [2.75, 3.05) is 19.8 Å². The van der Waals surface area contributed by atoms with E-state index in [-0.39, 0.29) is 25.0 Å². The summed E-state index contributed by atoms with van der Waals surface area (Å²) in [6.45, 7) is 1.17. The Bertz CT molecular complexity index is 462. The second kappa shape index (κ2) is 5.81. The minimum atomic E-state index is -0.921. The van der Waals surface area contributed by atoms with Gasteiger partial charge in [0.15, 0.2) is 0 Å². The van der Waals surface area contributed by atoms with Crippen molar-refractivity contribution in [3.05, 3.63) is 20.8 Å². The highest BCUT2D eigenvalue weighted by molar-refractivity contribution is 9.11. The van der Waals surface area contributed by atoms with Gasteiger partial charge in [0.2, 0.25) is 0 Å². The number of hydrogen-bond acceptors (Lipinski definition) is 4. The molecule has 0 bridgehead atoms. The van der Waals surface area contributed by atoms with E-state index in [1.807, 2.05) is 6.07 Å². The van der Waals surface area contributed by atoms with Crippen molar-refractivity contribution < 1.29 is 19.4 Å². The summed E-state index contributed by atoms with van der Waals surface area (Å²) >= 11 is 4.66. The van der Waals surface area contributed by atoms with Crippen LogP contribution in [-0.4, -0.2) is 47.7 Å². The summed E-state index contributed by atoms with van der Waals surface area (Å²) in [5.41, 5.74) is 0. The lowest BCUT2D eigenvalue weighted by Gasteiger charge is -2.34. The van der Waals surface area contributed by atoms with Gasteiger partial charge in [-0.3, -0.25) is 9.59 Å². The lowest BCUT2D eigenvalue weighted by Crippen LogP contribution is -2.49. The number of halogens is 1. The van der Waals surface area contributed by atoms with Crippen LogP contribution in [-0.2, 0) is 9.53 Å². The monoisotopic (exact) mass is 333 g/mol. The number of carbonyl (C=O) groups is 2. The maximum atomic E-state index is 12.3. The van der Waals surface area contributed by atoms with E-state index in [0.29, 0.717) is 18.0 Å². The molecule has 1 N–H and O–H groups in total. The first-order valence-electron chi connectivity index (χ1n) is 5.44. The standard InChI is InChI=1S/C11H12BrNO4S/c12-9-2-1-8(18-9)11(16)13-3-4-17-6-7(13)5-10(14)15/h1-2,7H,3-6H2,(H,14,15). The number of carboxylic acid groups (broad SMARTS) is 1. The molecular formula is C11H12BrNO4S. The molecule has 1 unspecified atom stereocenters. The largest absolute Gasteiger partial charge is 0.481 e. The predicted molar refractivity (Wildman–Crippen MR) is 69.9 cm³/mol. The highest BCUT2D eigenvalue weighted by Gasteiger charge is 2.30. The quantitative estimate of drug-likeness (QED) is 0.916. The van der Waals surface area contributed by atoms with Crippen LogP contribution in [0.1, 0.15) is 16.1 Å². The van der Waals surface area contributed by atoms with Crippen LogP contribution in [0.5, 0.6) is 0 Å². The van der Waals surface area contributed by atoms with Crippen LogP contribution in [0.15, 0.2) is 15.9 Å². The summed E-state index contributed by atoms with van der Waals surface area (Å²) in [5.74, 6) is -1.05. The zero-order valence-corrected chi connectivity index (χ0v) is 11.9. The first-order valence-corrected chi connectivity index (χ1v) is 7.04. The van der Waals surface area contributed by atoms with E-state index in [4.69, 9.17) is 9.84 Å². The summed E-state index contributed by atoms with van der Waals surface area (Å²) in [4.78, 5) is 25.3. The Morgan fingerprint density at radius 1 is 1.56 bits per heavy atom. The molecular weight excluding hydrogens is 322 g/mol. The number of carbonyl (C=O) groups excluding carboxylic acids is 1. The Hall–Kier alpha value is -0.920. The molecule has 1 aliphatic rings. The molecule has 0 aliphatic carbocycles. The van der Waals surface area contributed by atoms with Crippen molar-refractivity contribution in [3.63, 3.8) is 0 Å². The van der Waals surface area contributed by atoms with E-state index in [1.54, 1.807) is 11.0 Å². The van der Waals surface area contributed by atoms with Gasteiger partial charge in [-0.05, 0) is 28.1 Å². The summed E-state index contributed by atoms with van der Waals surface area (Å²) in [7, 11) is 0. The van der Waals surface area contributed by atoms with Crippen LogP contribution in [0, 0.1) is 0 Å². The average molecular weight is 334 g/mol. The molecule has 0 aromatic carbocycles. The van der Waals surface area contributed by atoms with Crippen LogP contribution < -0.4 is 0 Å². The van der Waals surface area contributed by atoms with Gasteiger partial charge in [0.1, 0.15) is 0 Å². The summed E-state index contributed by atoms with van der Waals surface area (Å²) in [6.07, 6.45) is -0.0850. The number of amides is 1. The Morgan fingerprint density at radius 3 is 2.94 bits per heavy atom. The molecule has 5 nitrogen and oxygen atoms in total. The van der Waals surface area contributed by atoms with Crippen molar-refractivity contribution >= 4 is 39.1 Å². The first-order chi connectivity index (χ1) is 8.58. The number of thiophene rings is 1. The van der Waals surface area contributed by atoms with Crippen molar-refractivity contribution in [3.8, 4) is 0 Å². The first kappa shape index (κ1) is 13.5. The maximum absolute atomic E-state index is 12.3. The minimum absolute atomic E-state index is 0.0850. The van der Waals surface area contributed by atoms with E-state index >= 15 is 0 Å². The molecule has 1 aromatic heterocycles.